The molecule has 0 spiro atoms. The number of hydrogen-bond acceptors (Lipinski definition) is 3. The fourth-order valence-corrected chi connectivity index (χ4v) is 1.80. The van der Waals surface area contributed by atoms with E-state index in [9.17, 15) is 0 Å². The van der Waals surface area contributed by atoms with Crippen LogP contribution in [0.2, 0.25) is 0 Å². The molecule has 4 heteroatoms. The van der Waals surface area contributed by atoms with Crippen LogP contribution in [0.5, 0.6) is 5.75 Å². The van der Waals surface area contributed by atoms with Gasteiger partial charge in [-0.3, -0.25) is 4.57 Å². The van der Waals surface area contributed by atoms with Gasteiger partial charge in [0.05, 0.1) is 5.69 Å². The van der Waals surface area contributed by atoms with Crippen molar-refractivity contribution in [3.63, 3.8) is 0 Å². The molecule has 15 heavy (non-hydrogen) atoms. The zero-order valence-electron chi connectivity index (χ0n) is 8.18. The Hall–Kier alpha value is -1.81. The maximum atomic E-state index is 5.61. The molecule has 0 radical (unpaired) electrons. The Labute approximate surface area is 87.3 Å². The van der Waals surface area contributed by atoms with Gasteiger partial charge in [-0.15, -0.1) is 0 Å². The first-order valence-corrected chi connectivity index (χ1v) is 4.87. The zero-order valence-corrected chi connectivity index (χ0v) is 8.18. The molecule has 0 fully saturated rings. The first-order chi connectivity index (χ1) is 7.38. The van der Waals surface area contributed by atoms with Crippen LogP contribution in [-0.2, 0) is 13.2 Å². The van der Waals surface area contributed by atoms with E-state index in [1.807, 2.05) is 29.0 Å². The predicted octanol–water partition coefficient (Wildman–Crippen LogP) is 1.22. The normalized spacial score (nSPS) is 12.9. The third kappa shape index (κ3) is 1.22. The second-order valence-corrected chi connectivity index (χ2v) is 3.51. The lowest BCUT2D eigenvalue weighted by Crippen LogP contribution is -2.13. The van der Waals surface area contributed by atoms with Crippen LogP contribution < -0.4 is 10.5 Å². The van der Waals surface area contributed by atoms with Crippen molar-refractivity contribution < 1.29 is 4.74 Å². The third-order valence-electron chi connectivity index (χ3n) is 2.59. The van der Waals surface area contributed by atoms with Crippen LogP contribution in [0.3, 0.4) is 0 Å². The van der Waals surface area contributed by atoms with Crippen molar-refractivity contribution in [2.24, 2.45) is 5.73 Å². The minimum absolute atomic E-state index is 0.530. The average molecular weight is 201 g/mol. The Morgan fingerprint density at radius 1 is 1.47 bits per heavy atom. The standard InChI is InChI=1S/C11H11N3O/c12-6-8-1-2-10-9(5-8)14-4-3-13-11(14)7-15-10/h1-5H,6-7,12H2. The molecule has 0 aliphatic carbocycles. The molecule has 1 aliphatic rings. The van der Waals surface area contributed by atoms with Crippen molar-refractivity contribution >= 4 is 0 Å². The molecular formula is C11H11N3O. The summed E-state index contributed by atoms with van der Waals surface area (Å²) in [5, 5.41) is 0. The molecule has 0 atom stereocenters. The van der Waals surface area contributed by atoms with E-state index in [4.69, 9.17) is 10.5 Å². The van der Waals surface area contributed by atoms with Crippen LogP contribution in [0.25, 0.3) is 5.69 Å². The van der Waals surface area contributed by atoms with Crippen LogP contribution >= 0.6 is 0 Å². The van der Waals surface area contributed by atoms with Crippen molar-refractivity contribution in [1.29, 1.82) is 0 Å². The van der Waals surface area contributed by atoms with Gasteiger partial charge >= 0.3 is 0 Å². The monoisotopic (exact) mass is 201 g/mol. The van der Waals surface area contributed by atoms with Crippen molar-refractivity contribution in [2.75, 3.05) is 0 Å². The highest BCUT2D eigenvalue weighted by molar-refractivity contribution is 5.51. The lowest BCUT2D eigenvalue weighted by molar-refractivity contribution is 0.279. The summed E-state index contributed by atoms with van der Waals surface area (Å²) in [4.78, 5) is 4.22. The van der Waals surface area contributed by atoms with Gasteiger partial charge in [-0.25, -0.2) is 4.98 Å². The predicted molar refractivity (Wildman–Crippen MR) is 55.8 cm³/mol. The van der Waals surface area contributed by atoms with Crippen LogP contribution in [0.1, 0.15) is 11.4 Å². The molecule has 0 bridgehead atoms. The first kappa shape index (κ1) is 8.49. The molecule has 1 aromatic carbocycles. The number of nitrogens with zero attached hydrogens (tertiary/aromatic N) is 2. The molecule has 1 aliphatic heterocycles. The molecule has 0 amide bonds. The van der Waals surface area contributed by atoms with Crippen molar-refractivity contribution in [3.8, 4) is 11.4 Å². The molecule has 2 N–H and O–H groups in total. The summed E-state index contributed by atoms with van der Waals surface area (Å²) in [6.07, 6.45) is 3.72. The minimum atomic E-state index is 0.530. The topological polar surface area (TPSA) is 53.1 Å². The number of nitrogens with two attached hydrogens (primary N) is 1. The third-order valence-corrected chi connectivity index (χ3v) is 2.59. The van der Waals surface area contributed by atoms with Gasteiger partial charge in [0.2, 0.25) is 0 Å². The largest absolute Gasteiger partial charge is 0.483 e. The maximum absolute atomic E-state index is 5.61. The van der Waals surface area contributed by atoms with E-state index < -0.39 is 0 Å². The van der Waals surface area contributed by atoms with Crippen LogP contribution in [-0.4, -0.2) is 9.55 Å². The molecule has 3 rings (SSSR count). The first-order valence-electron chi connectivity index (χ1n) is 4.87. The van der Waals surface area contributed by atoms with E-state index in [-0.39, 0.29) is 0 Å². The fraction of sp³-hybridized carbons (Fsp3) is 0.182. The smallest absolute Gasteiger partial charge is 0.151 e. The summed E-state index contributed by atoms with van der Waals surface area (Å²) in [5.41, 5.74) is 7.73. The van der Waals surface area contributed by atoms with Gasteiger partial charge in [0.15, 0.2) is 5.82 Å². The number of rotatable bonds is 1. The summed E-state index contributed by atoms with van der Waals surface area (Å²) < 4.78 is 7.62. The number of ether oxygens (including phenoxy) is 1. The van der Waals surface area contributed by atoms with Gasteiger partial charge in [0.25, 0.3) is 0 Å². The highest BCUT2D eigenvalue weighted by Crippen LogP contribution is 2.29. The molecule has 2 heterocycles. The molecule has 0 unspecified atom stereocenters. The molecule has 2 aromatic rings. The summed E-state index contributed by atoms with van der Waals surface area (Å²) in [6, 6.07) is 5.99. The number of hydrogen-bond donors (Lipinski definition) is 1. The van der Waals surface area contributed by atoms with E-state index in [0.29, 0.717) is 13.2 Å². The maximum Gasteiger partial charge on any atom is 0.151 e. The molecule has 76 valence electrons. The van der Waals surface area contributed by atoms with E-state index in [1.54, 1.807) is 6.20 Å². The minimum Gasteiger partial charge on any atom is -0.483 e. The van der Waals surface area contributed by atoms with E-state index in [2.05, 4.69) is 4.98 Å². The number of fused-ring (bicyclic) bond motifs is 3. The van der Waals surface area contributed by atoms with Gasteiger partial charge in [-0.1, -0.05) is 6.07 Å². The second-order valence-electron chi connectivity index (χ2n) is 3.51. The zero-order chi connectivity index (χ0) is 10.3. The summed E-state index contributed by atoms with van der Waals surface area (Å²) in [6.45, 7) is 1.07. The van der Waals surface area contributed by atoms with Gasteiger partial charge in [0, 0.05) is 18.9 Å². The van der Waals surface area contributed by atoms with Crippen LogP contribution in [0.4, 0.5) is 0 Å². The Bertz CT molecular complexity index is 504. The summed E-state index contributed by atoms with van der Waals surface area (Å²) in [5.74, 6) is 1.81. The summed E-state index contributed by atoms with van der Waals surface area (Å²) >= 11 is 0. The highest BCUT2D eigenvalue weighted by atomic mass is 16.5. The van der Waals surface area contributed by atoms with Gasteiger partial charge in [-0.05, 0) is 17.7 Å². The highest BCUT2D eigenvalue weighted by Gasteiger charge is 2.16. The number of imidazole rings is 1. The lowest BCUT2D eigenvalue weighted by Gasteiger charge is -2.19. The van der Waals surface area contributed by atoms with Gasteiger partial charge in [0.1, 0.15) is 12.4 Å². The Morgan fingerprint density at radius 2 is 2.40 bits per heavy atom. The average Bonchev–Trinajstić information content (AvgIpc) is 2.76. The van der Waals surface area contributed by atoms with E-state index >= 15 is 0 Å². The molecular weight excluding hydrogens is 190 g/mol. The molecule has 1 aromatic heterocycles. The second kappa shape index (κ2) is 3.10. The van der Waals surface area contributed by atoms with Crippen molar-refractivity contribution in [1.82, 2.24) is 9.55 Å². The fourth-order valence-electron chi connectivity index (χ4n) is 1.80. The van der Waals surface area contributed by atoms with E-state index in [0.717, 1.165) is 22.8 Å². The van der Waals surface area contributed by atoms with Crippen LogP contribution in [0, 0.1) is 0 Å². The lowest BCUT2D eigenvalue weighted by atomic mass is 10.1. The van der Waals surface area contributed by atoms with Gasteiger partial charge < -0.3 is 10.5 Å². The molecule has 0 saturated carbocycles. The van der Waals surface area contributed by atoms with E-state index in [1.165, 1.54) is 0 Å². The van der Waals surface area contributed by atoms with Crippen molar-refractivity contribution in [3.05, 3.63) is 42.0 Å². The SMILES string of the molecule is NCc1ccc2c(c1)-n1ccnc1CO2. The number of benzene rings is 1. The molecule has 0 saturated heterocycles. The number of aromatic nitrogens is 2. The Morgan fingerprint density at radius 3 is 3.27 bits per heavy atom. The van der Waals surface area contributed by atoms with Crippen molar-refractivity contribution in [2.45, 2.75) is 13.2 Å². The quantitative estimate of drug-likeness (QED) is 0.754. The Balaban J connectivity index is 2.21. The molecule has 4 nitrogen and oxygen atoms in total. The Kier molecular flexibility index (Phi) is 1.76. The van der Waals surface area contributed by atoms with Crippen LogP contribution in [0.15, 0.2) is 30.6 Å². The van der Waals surface area contributed by atoms with Gasteiger partial charge in [-0.2, -0.15) is 0 Å². The summed E-state index contributed by atoms with van der Waals surface area (Å²) in [7, 11) is 0.